The Bertz CT molecular complexity index is 807. The Morgan fingerprint density at radius 2 is 1.95 bits per heavy atom. The van der Waals surface area contributed by atoms with Crippen molar-refractivity contribution in [2.24, 2.45) is 5.73 Å². The summed E-state index contributed by atoms with van der Waals surface area (Å²) in [6.45, 7) is 0. The van der Waals surface area contributed by atoms with Crippen LogP contribution >= 0.6 is 11.3 Å². The summed E-state index contributed by atoms with van der Waals surface area (Å²) in [5.74, 6) is 0.650. The second kappa shape index (κ2) is 4.96. The van der Waals surface area contributed by atoms with Crippen LogP contribution in [0, 0.1) is 5.82 Å². The van der Waals surface area contributed by atoms with Gasteiger partial charge in [0.05, 0.1) is 5.54 Å². The molecule has 1 aliphatic rings. The highest BCUT2D eigenvalue weighted by molar-refractivity contribution is 7.13. The predicted octanol–water partition coefficient (Wildman–Crippen LogP) is 3.34. The molecule has 1 aromatic carbocycles. The van der Waals surface area contributed by atoms with E-state index >= 15 is 0 Å². The van der Waals surface area contributed by atoms with Crippen LogP contribution in [0.1, 0.15) is 25.1 Å². The highest BCUT2D eigenvalue weighted by Gasteiger charge is 2.39. The molecule has 0 aliphatic heterocycles. The Hall–Kier alpha value is -2.12. The monoisotopic (exact) mass is 316 g/mol. The van der Waals surface area contributed by atoms with Gasteiger partial charge in [-0.1, -0.05) is 5.16 Å². The lowest BCUT2D eigenvalue weighted by Crippen LogP contribution is -2.44. The van der Waals surface area contributed by atoms with Gasteiger partial charge in [-0.3, -0.25) is 0 Å². The van der Waals surface area contributed by atoms with Gasteiger partial charge in [-0.2, -0.15) is 4.98 Å². The summed E-state index contributed by atoms with van der Waals surface area (Å²) in [6.07, 6.45) is 2.85. The third-order valence-electron chi connectivity index (χ3n) is 3.93. The summed E-state index contributed by atoms with van der Waals surface area (Å²) < 4.78 is 18.2. The van der Waals surface area contributed by atoms with Gasteiger partial charge in [0, 0.05) is 10.9 Å². The normalized spacial score (nSPS) is 16.5. The van der Waals surface area contributed by atoms with E-state index in [1.54, 1.807) is 12.1 Å². The topological polar surface area (TPSA) is 77.8 Å². The smallest absolute Gasteiger partial charge is 0.277 e. The number of thiazole rings is 1. The molecule has 0 bridgehead atoms. The van der Waals surface area contributed by atoms with Crippen LogP contribution in [0.25, 0.3) is 22.2 Å². The van der Waals surface area contributed by atoms with Crippen molar-refractivity contribution in [2.75, 3.05) is 0 Å². The van der Waals surface area contributed by atoms with Crippen LogP contribution in [0.15, 0.2) is 34.2 Å². The number of nitrogens with zero attached hydrogens (tertiary/aromatic N) is 3. The van der Waals surface area contributed by atoms with Crippen LogP contribution in [0.5, 0.6) is 0 Å². The standard InChI is InChI=1S/C15H13FN4OS/c16-10-4-2-9(3-5-10)13-18-11(8-22-13)12-19-14(20-21-12)15(17)6-1-7-15/h2-5,8H,1,6-7,17H2. The Balaban J connectivity index is 1.63. The van der Waals surface area contributed by atoms with E-state index in [-0.39, 0.29) is 5.82 Å². The number of hydrogen-bond acceptors (Lipinski definition) is 6. The fourth-order valence-electron chi connectivity index (χ4n) is 2.41. The molecule has 0 amide bonds. The van der Waals surface area contributed by atoms with Crippen LogP contribution in [0.3, 0.4) is 0 Å². The molecule has 0 saturated heterocycles. The molecule has 7 heteroatoms. The van der Waals surface area contributed by atoms with Crippen LogP contribution in [0.4, 0.5) is 4.39 Å². The zero-order chi connectivity index (χ0) is 15.2. The molecule has 22 heavy (non-hydrogen) atoms. The third-order valence-corrected chi connectivity index (χ3v) is 4.82. The highest BCUT2D eigenvalue weighted by atomic mass is 32.1. The molecule has 2 heterocycles. The molecule has 2 N–H and O–H groups in total. The fourth-order valence-corrected chi connectivity index (χ4v) is 3.21. The van der Waals surface area contributed by atoms with E-state index in [0.717, 1.165) is 29.8 Å². The lowest BCUT2D eigenvalue weighted by atomic mass is 9.77. The summed E-state index contributed by atoms with van der Waals surface area (Å²) in [7, 11) is 0. The van der Waals surface area contributed by atoms with Crippen molar-refractivity contribution in [2.45, 2.75) is 24.8 Å². The van der Waals surface area contributed by atoms with E-state index in [2.05, 4.69) is 15.1 Å². The molecule has 1 saturated carbocycles. The highest BCUT2D eigenvalue weighted by Crippen LogP contribution is 2.38. The van der Waals surface area contributed by atoms with E-state index in [1.165, 1.54) is 23.5 Å². The maximum atomic E-state index is 13.0. The lowest BCUT2D eigenvalue weighted by Gasteiger charge is -2.34. The molecule has 1 aliphatic carbocycles. The molecular formula is C15H13FN4OS. The summed E-state index contributed by atoms with van der Waals surface area (Å²) in [5, 5.41) is 6.61. The molecule has 0 atom stereocenters. The Kier molecular flexibility index (Phi) is 3.05. The first-order valence-electron chi connectivity index (χ1n) is 6.99. The maximum Gasteiger partial charge on any atom is 0.277 e. The molecule has 0 radical (unpaired) electrons. The molecular weight excluding hydrogens is 303 g/mol. The van der Waals surface area contributed by atoms with Crippen molar-refractivity contribution in [3.63, 3.8) is 0 Å². The van der Waals surface area contributed by atoms with Gasteiger partial charge in [0.1, 0.15) is 16.5 Å². The lowest BCUT2D eigenvalue weighted by molar-refractivity contribution is 0.229. The van der Waals surface area contributed by atoms with E-state index < -0.39 is 5.54 Å². The van der Waals surface area contributed by atoms with Crippen LogP contribution in [-0.4, -0.2) is 15.1 Å². The first-order valence-corrected chi connectivity index (χ1v) is 7.87. The van der Waals surface area contributed by atoms with Crippen molar-refractivity contribution < 1.29 is 8.91 Å². The van der Waals surface area contributed by atoms with Crippen molar-refractivity contribution in [3.05, 3.63) is 41.3 Å². The fraction of sp³-hybridized carbons (Fsp3) is 0.267. The average molecular weight is 316 g/mol. The molecule has 112 valence electrons. The predicted molar refractivity (Wildman–Crippen MR) is 80.5 cm³/mol. The minimum absolute atomic E-state index is 0.268. The number of halogens is 1. The van der Waals surface area contributed by atoms with Crippen molar-refractivity contribution >= 4 is 11.3 Å². The van der Waals surface area contributed by atoms with E-state index in [9.17, 15) is 4.39 Å². The second-order valence-electron chi connectivity index (χ2n) is 5.48. The van der Waals surface area contributed by atoms with Crippen LogP contribution in [0.2, 0.25) is 0 Å². The number of rotatable bonds is 3. The third kappa shape index (κ3) is 2.22. The molecule has 2 aromatic heterocycles. The van der Waals surface area contributed by atoms with Gasteiger partial charge in [0.25, 0.3) is 5.89 Å². The zero-order valence-corrected chi connectivity index (χ0v) is 12.4. The molecule has 5 nitrogen and oxygen atoms in total. The van der Waals surface area contributed by atoms with Gasteiger partial charge in [-0.25, -0.2) is 9.37 Å². The Labute approximate surface area is 130 Å². The minimum atomic E-state index is -0.447. The average Bonchev–Trinajstić information content (AvgIpc) is 3.14. The Morgan fingerprint density at radius 3 is 2.64 bits per heavy atom. The molecule has 3 aromatic rings. The number of nitrogens with two attached hydrogens (primary N) is 1. The van der Waals surface area contributed by atoms with Gasteiger partial charge in [-0.05, 0) is 43.5 Å². The summed E-state index contributed by atoms with van der Waals surface area (Å²) >= 11 is 1.45. The summed E-state index contributed by atoms with van der Waals surface area (Å²) in [4.78, 5) is 8.86. The van der Waals surface area contributed by atoms with E-state index in [1.807, 2.05) is 5.38 Å². The van der Waals surface area contributed by atoms with Gasteiger partial charge < -0.3 is 10.3 Å². The van der Waals surface area contributed by atoms with Crippen molar-refractivity contribution in [3.8, 4) is 22.2 Å². The zero-order valence-electron chi connectivity index (χ0n) is 11.6. The number of benzene rings is 1. The van der Waals surface area contributed by atoms with Crippen LogP contribution < -0.4 is 5.73 Å². The molecule has 0 unspecified atom stereocenters. The van der Waals surface area contributed by atoms with Gasteiger partial charge >= 0.3 is 0 Å². The van der Waals surface area contributed by atoms with E-state index in [4.69, 9.17) is 10.3 Å². The quantitative estimate of drug-likeness (QED) is 0.802. The van der Waals surface area contributed by atoms with Gasteiger partial charge in [-0.15, -0.1) is 11.3 Å². The molecule has 1 fully saturated rings. The first-order chi connectivity index (χ1) is 10.6. The number of aromatic nitrogens is 3. The van der Waals surface area contributed by atoms with E-state index in [0.29, 0.717) is 17.4 Å². The summed E-state index contributed by atoms with van der Waals surface area (Å²) in [6, 6.07) is 6.22. The SMILES string of the molecule is NC1(c2noc(-c3csc(-c4ccc(F)cc4)n3)n2)CCC1. The first kappa shape index (κ1) is 13.5. The number of hydrogen-bond donors (Lipinski definition) is 1. The van der Waals surface area contributed by atoms with Crippen LogP contribution in [-0.2, 0) is 5.54 Å². The van der Waals surface area contributed by atoms with Crippen molar-refractivity contribution in [1.82, 2.24) is 15.1 Å². The largest absolute Gasteiger partial charge is 0.332 e. The minimum Gasteiger partial charge on any atom is -0.332 e. The van der Waals surface area contributed by atoms with Crippen molar-refractivity contribution in [1.29, 1.82) is 0 Å². The second-order valence-corrected chi connectivity index (χ2v) is 6.34. The molecule has 4 rings (SSSR count). The summed E-state index contributed by atoms with van der Waals surface area (Å²) in [5.41, 5.74) is 7.21. The molecule has 0 spiro atoms. The maximum absolute atomic E-state index is 13.0. The van der Waals surface area contributed by atoms with Gasteiger partial charge in [0.2, 0.25) is 0 Å². The van der Waals surface area contributed by atoms with Gasteiger partial charge in [0.15, 0.2) is 5.82 Å². The Morgan fingerprint density at radius 1 is 1.18 bits per heavy atom.